The summed E-state index contributed by atoms with van der Waals surface area (Å²) in [7, 11) is -2.20. The summed E-state index contributed by atoms with van der Waals surface area (Å²) in [6, 6.07) is 12.1. The van der Waals surface area contributed by atoms with Crippen LogP contribution < -0.4 is 5.32 Å². The Morgan fingerprint density at radius 1 is 1.03 bits per heavy atom. The molecule has 182 valence electrons. The molecule has 9 nitrogen and oxygen atoms in total. The van der Waals surface area contributed by atoms with Gasteiger partial charge in [0.15, 0.2) is 6.61 Å². The van der Waals surface area contributed by atoms with Crippen molar-refractivity contribution in [1.29, 1.82) is 0 Å². The lowest BCUT2D eigenvalue weighted by Gasteiger charge is -2.25. The lowest BCUT2D eigenvalue weighted by molar-refractivity contribution is -0.136. The first-order valence-corrected chi connectivity index (χ1v) is 12.6. The van der Waals surface area contributed by atoms with Gasteiger partial charge in [-0.3, -0.25) is 9.59 Å². The zero-order valence-corrected chi connectivity index (χ0v) is 20.3. The van der Waals surface area contributed by atoms with Gasteiger partial charge in [-0.15, -0.1) is 0 Å². The molecule has 11 heteroatoms. The van der Waals surface area contributed by atoms with Crippen molar-refractivity contribution in [1.82, 2.24) is 9.21 Å². The smallest absolute Gasteiger partial charge is 0.338 e. The topological polar surface area (TPSA) is 113 Å². The Morgan fingerprint density at radius 2 is 1.68 bits per heavy atom. The average molecular weight is 508 g/mol. The van der Waals surface area contributed by atoms with Gasteiger partial charge in [-0.05, 0) is 49.2 Å². The Bertz CT molecular complexity index is 1150. The number of esters is 1. The van der Waals surface area contributed by atoms with Gasteiger partial charge in [0.1, 0.15) is 0 Å². The van der Waals surface area contributed by atoms with Crippen molar-refractivity contribution in [2.75, 3.05) is 38.6 Å². The molecule has 0 bridgehead atoms. The third-order valence-electron chi connectivity index (χ3n) is 5.32. The number of benzene rings is 2. The quantitative estimate of drug-likeness (QED) is 0.550. The lowest BCUT2D eigenvalue weighted by atomic mass is 10.2. The van der Waals surface area contributed by atoms with Crippen molar-refractivity contribution in [3.8, 4) is 0 Å². The van der Waals surface area contributed by atoms with E-state index in [1.54, 1.807) is 24.3 Å². The monoisotopic (exact) mass is 507 g/mol. The molecule has 0 aromatic heterocycles. The zero-order chi connectivity index (χ0) is 24.7. The van der Waals surface area contributed by atoms with Crippen LogP contribution >= 0.6 is 11.6 Å². The highest BCUT2D eigenvalue weighted by molar-refractivity contribution is 7.89. The van der Waals surface area contributed by atoms with Gasteiger partial charge in [-0.25, -0.2) is 13.2 Å². The molecular weight excluding hydrogens is 482 g/mol. The van der Waals surface area contributed by atoms with Crippen LogP contribution in [-0.4, -0.2) is 68.7 Å². The SMILES string of the molecule is CN(CC(=O)Nc1ccccc1Cl)C(=O)COC(=O)c1ccc(S(=O)(=O)N2CCCCC2)cc1. The molecule has 1 aliphatic heterocycles. The second kappa shape index (κ2) is 11.5. The van der Waals surface area contributed by atoms with E-state index in [-0.39, 0.29) is 17.0 Å². The van der Waals surface area contributed by atoms with Gasteiger partial charge in [0.2, 0.25) is 15.9 Å². The lowest BCUT2D eigenvalue weighted by Crippen LogP contribution is -2.37. The van der Waals surface area contributed by atoms with Crippen LogP contribution in [0.2, 0.25) is 5.02 Å². The molecule has 3 rings (SSSR count). The summed E-state index contributed by atoms with van der Waals surface area (Å²) >= 11 is 6.00. The summed E-state index contributed by atoms with van der Waals surface area (Å²) in [5, 5.41) is 2.97. The van der Waals surface area contributed by atoms with Crippen LogP contribution in [0.5, 0.6) is 0 Å². The van der Waals surface area contributed by atoms with E-state index in [4.69, 9.17) is 16.3 Å². The minimum absolute atomic E-state index is 0.103. The number of likely N-dealkylation sites (N-methyl/N-ethyl adjacent to an activating group) is 1. The van der Waals surface area contributed by atoms with E-state index >= 15 is 0 Å². The van der Waals surface area contributed by atoms with Crippen LogP contribution in [0, 0.1) is 0 Å². The third kappa shape index (κ3) is 6.55. The molecule has 2 aromatic rings. The first-order valence-electron chi connectivity index (χ1n) is 10.7. The van der Waals surface area contributed by atoms with E-state index in [0.717, 1.165) is 24.2 Å². The third-order valence-corrected chi connectivity index (χ3v) is 7.57. The highest BCUT2D eigenvalue weighted by Gasteiger charge is 2.26. The molecule has 0 aliphatic carbocycles. The van der Waals surface area contributed by atoms with E-state index < -0.39 is 34.4 Å². The van der Waals surface area contributed by atoms with Crippen molar-refractivity contribution >= 4 is 45.1 Å². The molecule has 0 saturated carbocycles. The zero-order valence-electron chi connectivity index (χ0n) is 18.7. The van der Waals surface area contributed by atoms with Crippen molar-refractivity contribution in [2.45, 2.75) is 24.2 Å². The number of piperidine rings is 1. The van der Waals surface area contributed by atoms with Crippen molar-refractivity contribution < 1.29 is 27.5 Å². The minimum atomic E-state index is -3.60. The predicted octanol–water partition coefficient (Wildman–Crippen LogP) is 2.77. The van der Waals surface area contributed by atoms with Crippen molar-refractivity contribution in [3.63, 3.8) is 0 Å². The fourth-order valence-corrected chi connectivity index (χ4v) is 5.09. The van der Waals surface area contributed by atoms with E-state index in [0.29, 0.717) is 23.8 Å². The minimum Gasteiger partial charge on any atom is -0.452 e. The number of hydrogen-bond acceptors (Lipinski definition) is 6. The predicted molar refractivity (Wildman–Crippen MR) is 127 cm³/mol. The molecular formula is C23H26ClN3O6S. The van der Waals surface area contributed by atoms with Gasteiger partial charge in [0, 0.05) is 20.1 Å². The number of sulfonamides is 1. The van der Waals surface area contributed by atoms with Gasteiger partial charge < -0.3 is 15.0 Å². The molecule has 0 spiro atoms. The highest BCUT2D eigenvalue weighted by atomic mass is 35.5. The first-order chi connectivity index (χ1) is 16.2. The van der Waals surface area contributed by atoms with E-state index in [9.17, 15) is 22.8 Å². The maximum atomic E-state index is 12.7. The van der Waals surface area contributed by atoms with Crippen LogP contribution in [0.4, 0.5) is 5.69 Å². The average Bonchev–Trinajstić information content (AvgIpc) is 2.84. The number of para-hydroxylation sites is 1. The van der Waals surface area contributed by atoms with Gasteiger partial charge in [0.05, 0.1) is 27.7 Å². The highest BCUT2D eigenvalue weighted by Crippen LogP contribution is 2.21. The van der Waals surface area contributed by atoms with E-state index in [1.807, 2.05) is 0 Å². The van der Waals surface area contributed by atoms with Gasteiger partial charge >= 0.3 is 5.97 Å². The molecule has 2 amide bonds. The fourth-order valence-electron chi connectivity index (χ4n) is 3.39. The summed E-state index contributed by atoms with van der Waals surface area (Å²) in [6.07, 6.45) is 2.66. The second-order valence-electron chi connectivity index (χ2n) is 7.84. The Hall–Kier alpha value is -2.95. The summed E-state index contributed by atoms with van der Waals surface area (Å²) in [4.78, 5) is 37.9. The molecule has 1 saturated heterocycles. The molecule has 0 unspecified atom stereocenters. The molecule has 1 N–H and O–H groups in total. The van der Waals surface area contributed by atoms with Crippen LogP contribution in [0.3, 0.4) is 0 Å². The number of hydrogen-bond donors (Lipinski definition) is 1. The van der Waals surface area contributed by atoms with E-state index in [2.05, 4.69) is 5.32 Å². The number of carbonyl (C=O) groups is 3. The van der Waals surface area contributed by atoms with Gasteiger partial charge in [-0.1, -0.05) is 30.2 Å². The first kappa shape index (κ1) is 25.7. The fraction of sp³-hybridized carbons (Fsp3) is 0.348. The number of halogens is 1. The maximum absolute atomic E-state index is 12.7. The Labute approximate surface area is 203 Å². The molecule has 0 atom stereocenters. The van der Waals surface area contributed by atoms with E-state index in [1.165, 1.54) is 35.6 Å². The number of nitrogens with zero attached hydrogens (tertiary/aromatic N) is 2. The Morgan fingerprint density at radius 3 is 2.32 bits per heavy atom. The second-order valence-corrected chi connectivity index (χ2v) is 10.2. The van der Waals surface area contributed by atoms with Crippen molar-refractivity contribution in [3.05, 3.63) is 59.1 Å². The number of anilines is 1. The molecule has 34 heavy (non-hydrogen) atoms. The molecule has 1 aliphatic rings. The normalized spacial score (nSPS) is 14.3. The number of ether oxygens (including phenoxy) is 1. The molecule has 0 radical (unpaired) electrons. The number of amides is 2. The Balaban J connectivity index is 1.50. The molecule has 1 heterocycles. The van der Waals surface area contributed by atoms with Crippen LogP contribution in [-0.2, 0) is 24.3 Å². The van der Waals surface area contributed by atoms with Crippen LogP contribution in [0.15, 0.2) is 53.4 Å². The summed E-state index contributed by atoms with van der Waals surface area (Å²) < 4.78 is 31.9. The Kier molecular flexibility index (Phi) is 8.65. The van der Waals surface area contributed by atoms with Gasteiger partial charge in [-0.2, -0.15) is 4.31 Å². The largest absolute Gasteiger partial charge is 0.452 e. The standard InChI is InChI=1S/C23H26ClN3O6S/c1-26(15-21(28)25-20-8-4-3-7-19(20)24)22(29)16-33-23(30)17-9-11-18(12-10-17)34(31,32)27-13-5-2-6-14-27/h3-4,7-12H,2,5-6,13-16H2,1H3,(H,25,28). The molecule has 1 fully saturated rings. The summed E-state index contributed by atoms with van der Waals surface area (Å²) in [6.45, 7) is 0.142. The van der Waals surface area contributed by atoms with Crippen LogP contribution in [0.25, 0.3) is 0 Å². The summed E-state index contributed by atoms with van der Waals surface area (Å²) in [5.74, 6) is -1.81. The van der Waals surface area contributed by atoms with Crippen molar-refractivity contribution in [2.24, 2.45) is 0 Å². The molecule has 2 aromatic carbocycles. The summed E-state index contributed by atoms with van der Waals surface area (Å²) in [5.41, 5.74) is 0.539. The maximum Gasteiger partial charge on any atom is 0.338 e. The number of carbonyl (C=O) groups excluding carboxylic acids is 3. The van der Waals surface area contributed by atoms with Gasteiger partial charge in [0.25, 0.3) is 5.91 Å². The van der Waals surface area contributed by atoms with Crippen LogP contribution in [0.1, 0.15) is 29.6 Å². The number of rotatable bonds is 8. The number of nitrogens with one attached hydrogen (secondary N) is 1.